The van der Waals surface area contributed by atoms with Crippen LogP contribution in [0.4, 0.5) is 10.1 Å². The third-order valence-electron chi connectivity index (χ3n) is 3.69. The first kappa shape index (κ1) is 12.5. The van der Waals surface area contributed by atoms with Crippen LogP contribution in [0.5, 0.6) is 0 Å². The zero-order valence-corrected chi connectivity index (χ0v) is 11.2. The molecule has 0 spiro atoms. The Labute approximate surface area is 117 Å². The molecule has 1 nitrogen and oxygen atoms in total. The SMILES string of the molecule is Fc1ccccc1NC1CC(c2cccc(Cl)c2)C1. The molecule has 3 heteroatoms. The topological polar surface area (TPSA) is 12.0 Å². The maximum atomic E-state index is 13.5. The van der Waals surface area contributed by atoms with Gasteiger partial charge in [0, 0.05) is 11.1 Å². The van der Waals surface area contributed by atoms with Crippen molar-refractivity contribution in [1.29, 1.82) is 0 Å². The summed E-state index contributed by atoms with van der Waals surface area (Å²) in [5, 5.41) is 4.03. The number of halogens is 2. The van der Waals surface area contributed by atoms with Crippen molar-refractivity contribution in [2.75, 3.05) is 5.32 Å². The Kier molecular flexibility index (Phi) is 3.43. The van der Waals surface area contributed by atoms with E-state index in [9.17, 15) is 4.39 Å². The fourth-order valence-electron chi connectivity index (χ4n) is 2.57. The van der Waals surface area contributed by atoms with Gasteiger partial charge >= 0.3 is 0 Å². The second kappa shape index (κ2) is 5.22. The number of benzene rings is 2. The molecular formula is C16H15ClFN. The van der Waals surface area contributed by atoms with Crippen LogP contribution in [-0.2, 0) is 0 Å². The van der Waals surface area contributed by atoms with Gasteiger partial charge in [0.05, 0.1) is 5.69 Å². The van der Waals surface area contributed by atoms with Gasteiger partial charge in [0.15, 0.2) is 0 Å². The number of rotatable bonds is 3. The van der Waals surface area contributed by atoms with Gasteiger partial charge in [-0.1, -0.05) is 35.9 Å². The highest BCUT2D eigenvalue weighted by Gasteiger charge is 2.30. The van der Waals surface area contributed by atoms with E-state index in [0.29, 0.717) is 17.6 Å². The van der Waals surface area contributed by atoms with E-state index in [2.05, 4.69) is 11.4 Å². The molecule has 0 amide bonds. The van der Waals surface area contributed by atoms with Crippen LogP contribution >= 0.6 is 11.6 Å². The lowest BCUT2D eigenvalue weighted by Gasteiger charge is -2.37. The smallest absolute Gasteiger partial charge is 0.146 e. The van der Waals surface area contributed by atoms with E-state index in [0.717, 1.165) is 17.9 Å². The van der Waals surface area contributed by atoms with Gasteiger partial charge in [0.2, 0.25) is 0 Å². The summed E-state index contributed by atoms with van der Waals surface area (Å²) in [7, 11) is 0. The number of nitrogens with one attached hydrogen (secondary N) is 1. The first-order valence-electron chi connectivity index (χ1n) is 6.49. The molecule has 0 heterocycles. The fraction of sp³-hybridized carbons (Fsp3) is 0.250. The molecule has 3 rings (SSSR count). The minimum Gasteiger partial charge on any atom is -0.380 e. The Morgan fingerprint density at radius 1 is 1.05 bits per heavy atom. The van der Waals surface area contributed by atoms with Crippen LogP contribution in [0.2, 0.25) is 5.02 Å². The first-order valence-corrected chi connectivity index (χ1v) is 6.86. The van der Waals surface area contributed by atoms with E-state index in [1.165, 1.54) is 11.6 Å². The summed E-state index contributed by atoms with van der Waals surface area (Å²) >= 11 is 5.99. The predicted octanol–water partition coefficient (Wildman–Crippen LogP) is 4.84. The van der Waals surface area contributed by atoms with Gasteiger partial charge in [-0.25, -0.2) is 4.39 Å². The van der Waals surface area contributed by atoms with Gasteiger partial charge in [-0.3, -0.25) is 0 Å². The molecule has 0 unspecified atom stereocenters. The summed E-state index contributed by atoms with van der Waals surface area (Å²) in [4.78, 5) is 0. The molecular weight excluding hydrogens is 261 g/mol. The molecule has 1 aliphatic carbocycles. The second-order valence-corrected chi connectivity index (χ2v) is 5.48. The average Bonchev–Trinajstić information content (AvgIpc) is 2.35. The van der Waals surface area contributed by atoms with Crippen LogP contribution in [0.1, 0.15) is 24.3 Å². The van der Waals surface area contributed by atoms with E-state index in [1.807, 2.05) is 24.3 Å². The van der Waals surface area contributed by atoms with Gasteiger partial charge in [-0.2, -0.15) is 0 Å². The zero-order chi connectivity index (χ0) is 13.2. The van der Waals surface area contributed by atoms with E-state index < -0.39 is 0 Å². The van der Waals surface area contributed by atoms with Crippen LogP contribution in [0.15, 0.2) is 48.5 Å². The number of hydrogen-bond donors (Lipinski definition) is 1. The molecule has 0 bridgehead atoms. The van der Waals surface area contributed by atoms with E-state index >= 15 is 0 Å². The van der Waals surface area contributed by atoms with Crippen molar-refractivity contribution in [3.8, 4) is 0 Å². The maximum Gasteiger partial charge on any atom is 0.146 e. The summed E-state index contributed by atoms with van der Waals surface area (Å²) in [6.45, 7) is 0. The molecule has 1 saturated carbocycles. The average molecular weight is 276 g/mol. The molecule has 1 fully saturated rings. The lowest BCUT2D eigenvalue weighted by Crippen LogP contribution is -2.34. The van der Waals surface area contributed by atoms with Gasteiger partial charge in [-0.15, -0.1) is 0 Å². The Morgan fingerprint density at radius 3 is 2.58 bits per heavy atom. The Bertz CT molecular complexity index is 578. The summed E-state index contributed by atoms with van der Waals surface area (Å²) in [5.41, 5.74) is 1.87. The van der Waals surface area contributed by atoms with Crippen molar-refractivity contribution in [3.63, 3.8) is 0 Å². The number of anilines is 1. The third kappa shape index (κ3) is 2.74. The molecule has 2 aromatic rings. The first-order chi connectivity index (χ1) is 9.22. The zero-order valence-electron chi connectivity index (χ0n) is 10.4. The molecule has 0 saturated heterocycles. The molecule has 0 aromatic heterocycles. The molecule has 0 aliphatic heterocycles. The fourth-order valence-corrected chi connectivity index (χ4v) is 2.77. The van der Waals surface area contributed by atoms with E-state index in [4.69, 9.17) is 11.6 Å². The summed E-state index contributed by atoms with van der Waals surface area (Å²) in [6.07, 6.45) is 2.04. The molecule has 19 heavy (non-hydrogen) atoms. The molecule has 98 valence electrons. The molecule has 1 N–H and O–H groups in total. The van der Waals surface area contributed by atoms with Gasteiger partial charge in [-0.05, 0) is 48.6 Å². The highest BCUT2D eigenvalue weighted by Crippen LogP contribution is 2.39. The van der Waals surface area contributed by atoms with Crippen LogP contribution < -0.4 is 5.32 Å². The highest BCUT2D eigenvalue weighted by molar-refractivity contribution is 6.30. The minimum atomic E-state index is -0.186. The van der Waals surface area contributed by atoms with Crippen LogP contribution in [-0.4, -0.2) is 6.04 Å². The van der Waals surface area contributed by atoms with Crippen molar-refractivity contribution >= 4 is 17.3 Å². The van der Waals surface area contributed by atoms with Gasteiger partial charge in [0.25, 0.3) is 0 Å². The largest absolute Gasteiger partial charge is 0.380 e. The van der Waals surface area contributed by atoms with Crippen molar-refractivity contribution in [1.82, 2.24) is 0 Å². The van der Waals surface area contributed by atoms with Gasteiger partial charge < -0.3 is 5.32 Å². The second-order valence-electron chi connectivity index (χ2n) is 5.04. The van der Waals surface area contributed by atoms with E-state index in [1.54, 1.807) is 12.1 Å². The minimum absolute atomic E-state index is 0.186. The van der Waals surface area contributed by atoms with Gasteiger partial charge in [0.1, 0.15) is 5.82 Å². The van der Waals surface area contributed by atoms with Crippen molar-refractivity contribution in [2.45, 2.75) is 24.8 Å². The summed E-state index contributed by atoms with van der Waals surface area (Å²) < 4.78 is 13.5. The highest BCUT2D eigenvalue weighted by atomic mass is 35.5. The Balaban J connectivity index is 1.60. The quantitative estimate of drug-likeness (QED) is 0.845. The third-order valence-corrected chi connectivity index (χ3v) is 3.93. The van der Waals surface area contributed by atoms with E-state index in [-0.39, 0.29) is 5.82 Å². The molecule has 2 aromatic carbocycles. The predicted molar refractivity (Wildman–Crippen MR) is 77.2 cm³/mol. The maximum absolute atomic E-state index is 13.5. The lowest BCUT2D eigenvalue weighted by atomic mass is 9.76. The normalized spacial score (nSPS) is 21.8. The summed E-state index contributed by atoms with van der Waals surface area (Å²) in [5.74, 6) is 0.344. The lowest BCUT2D eigenvalue weighted by molar-refractivity contribution is 0.373. The van der Waals surface area contributed by atoms with Crippen LogP contribution in [0, 0.1) is 5.82 Å². The standard InChI is InChI=1S/C16H15ClFN/c17-13-5-3-4-11(8-13)12-9-14(10-12)19-16-7-2-1-6-15(16)18/h1-8,12,14,19H,9-10H2. The summed E-state index contributed by atoms with van der Waals surface area (Å²) in [6, 6.07) is 15.2. The van der Waals surface area contributed by atoms with Crippen molar-refractivity contribution < 1.29 is 4.39 Å². The van der Waals surface area contributed by atoms with Crippen LogP contribution in [0.25, 0.3) is 0 Å². The van der Waals surface area contributed by atoms with Crippen molar-refractivity contribution in [3.05, 3.63) is 64.9 Å². The van der Waals surface area contributed by atoms with Crippen LogP contribution in [0.3, 0.4) is 0 Å². The van der Waals surface area contributed by atoms with Crippen molar-refractivity contribution in [2.24, 2.45) is 0 Å². The molecule has 0 atom stereocenters. The Morgan fingerprint density at radius 2 is 1.84 bits per heavy atom. The Hall–Kier alpha value is -1.54. The monoisotopic (exact) mass is 275 g/mol. The molecule has 0 radical (unpaired) electrons. The number of hydrogen-bond acceptors (Lipinski definition) is 1. The number of para-hydroxylation sites is 1. The molecule has 1 aliphatic rings.